The molecule has 0 bridgehead atoms. The minimum Gasteiger partial charge on any atom is -0.345 e. The Hall–Kier alpha value is -3.55. The van der Waals surface area contributed by atoms with Crippen LogP contribution in [-0.4, -0.2) is 26.3 Å². The molecule has 4 rings (SSSR count). The van der Waals surface area contributed by atoms with Gasteiger partial charge in [-0.05, 0) is 55.2 Å². The number of hydrogen-bond donors (Lipinski definition) is 2. The van der Waals surface area contributed by atoms with Gasteiger partial charge in [-0.25, -0.2) is 9.37 Å². The maximum atomic E-state index is 13.1. The van der Waals surface area contributed by atoms with E-state index in [2.05, 4.69) is 20.6 Å². The number of aromatic nitrogens is 3. The second-order valence-electron chi connectivity index (χ2n) is 6.84. The third kappa shape index (κ3) is 4.16. The first kappa shape index (κ1) is 18.8. The van der Waals surface area contributed by atoms with Crippen LogP contribution in [0.1, 0.15) is 45.2 Å². The van der Waals surface area contributed by atoms with Gasteiger partial charge in [0.25, 0.3) is 11.8 Å². The number of imidazole rings is 1. The molecule has 1 aliphatic heterocycles. The molecule has 0 atom stereocenters. The van der Waals surface area contributed by atoms with Crippen molar-refractivity contribution in [3.05, 3.63) is 77.4 Å². The van der Waals surface area contributed by atoms with Crippen LogP contribution in [0.5, 0.6) is 0 Å². The van der Waals surface area contributed by atoms with Crippen molar-refractivity contribution >= 4 is 17.5 Å². The van der Waals surface area contributed by atoms with Crippen LogP contribution in [0.2, 0.25) is 0 Å². The minimum absolute atomic E-state index is 0.229. The lowest BCUT2D eigenvalue weighted by Crippen LogP contribution is -2.27. The van der Waals surface area contributed by atoms with Crippen molar-refractivity contribution < 1.29 is 14.0 Å². The van der Waals surface area contributed by atoms with Gasteiger partial charge in [-0.3, -0.25) is 14.6 Å². The Labute approximate surface area is 167 Å². The van der Waals surface area contributed by atoms with Crippen LogP contribution in [-0.2, 0) is 19.5 Å². The van der Waals surface area contributed by atoms with Crippen molar-refractivity contribution in [2.24, 2.45) is 0 Å². The molecule has 3 aromatic rings. The van der Waals surface area contributed by atoms with E-state index in [1.165, 1.54) is 24.3 Å². The van der Waals surface area contributed by atoms with Crippen LogP contribution in [0.15, 0.2) is 48.8 Å². The lowest BCUT2D eigenvalue weighted by atomic mass is 10.1. The van der Waals surface area contributed by atoms with Crippen molar-refractivity contribution in [2.45, 2.75) is 32.4 Å². The number of nitrogens with zero attached hydrogens (tertiary/aromatic N) is 3. The van der Waals surface area contributed by atoms with E-state index < -0.39 is 5.91 Å². The summed E-state index contributed by atoms with van der Waals surface area (Å²) < 4.78 is 14.9. The van der Waals surface area contributed by atoms with Crippen LogP contribution in [0.3, 0.4) is 0 Å². The van der Waals surface area contributed by atoms with Crippen molar-refractivity contribution in [1.82, 2.24) is 19.9 Å². The molecule has 8 heteroatoms. The molecule has 0 unspecified atom stereocenters. The van der Waals surface area contributed by atoms with Crippen molar-refractivity contribution in [2.75, 3.05) is 5.32 Å². The van der Waals surface area contributed by atoms with Gasteiger partial charge < -0.3 is 15.2 Å². The van der Waals surface area contributed by atoms with Gasteiger partial charge >= 0.3 is 0 Å². The Morgan fingerprint density at radius 1 is 1.10 bits per heavy atom. The van der Waals surface area contributed by atoms with E-state index in [1.807, 2.05) is 10.6 Å². The zero-order valence-corrected chi connectivity index (χ0v) is 15.7. The fraction of sp³-hybridized carbons (Fsp3) is 0.238. The summed E-state index contributed by atoms with van der Waals surface area (Å²) in [4.78, 5) is 33.9. The zero-order valence-electron chi connectivity index (χ0n) is 15.7. The fourth-order valence-electron chi connectivity index (χ4n) is 3.39. The number of amides is 2. The lowest BCUT2D eigenvalue weighted by molar-refractivity contribution is 0.0935. The minimum atomic E-state index is -0.409. The van der Waals surface area contributed by atoms with Gasteiger partial charge in [0.15, 0.2) is 11.5 Å². The van der Waals surface area contributed by atoms with E-state index >= 15 is 0 Å². The summed E-state index contributed by atoms with van der Waals surface area (Å²) in [5.74, 6) is -0.894. The molecule has 3 heterocycles. The van der Waals surface area contributed by atoms with Gasteiger partial charge in [-0.1, -0.05) is 6.07 Å². The van der Waals surface area contributed by atoms with Gasteiger partial charge in [-0.15, -0.1) is 0 Å². The molecule has 0 saturated heterocycles. The topological polar surface area (TPSA) is 88.9 Å². The number of carbonyl (C=O) groups excluding carboxylic acids is 2. The van der Waals surface area contributed by atoms with E-state index in [1.54, 1.807) is 18.5 Å². The fourth-order valence-corrected chi connectivity index (χ4v) is 3.39. The molecule has 0 aliphatic carbocycles. The molecule has 0 radical (unpaired) electrons. The average Bonchev–Trinajstić information content (AvgIpc) is 3.14. The number of anilines is 1. The average molecular weight is 393 g/mol. The quantitative estimate of drug-likeness (QED) is 0.698. The molecule has 0 spiro atoms. The van der Waals surface area contributed by atoms with Gasteiger partial charge in [0.1, 0.15) is 5.82 Å². The first-order chi connectivity index (χ1) is 14.1. The van der Waals surface area contributed by atoms with Crippen LogP contribution in [0, 0.1) is 5.82 Å². The summed E-state index contributed by atoms with van der Waals surface area (Å²) >= 11 is 0. The van der Waals surface area contributed by atoms with E-state index in [4.69, 9.17) is 0 Å². The van der Waals surface area contributed by atoms with E-state index in [0.29, 0.717) is 25.2 Å². The SMILES string of the molecule is O=C(Nc1ccc(F)cc1)c1nc(C(=O)NCc2cccnc2)n2c1CCCC2. The number of pyridine rings is 1. The highest BCUT2D eigenvalue weighted by atomic mass is 19.1. The number of nitrogens with one attached hydrogen (secondary N) is 2. The summed E-state index contributed by atoms with van der Waals surface area (Å²) in [6, 6.07) is 9.19. The summed E-state index contributed by atoms with van der Waals surface area (Å²) in [6.07, 6.45) is 5.88. The third-order valence-corrected chi connectivity index (χ3v) is 4.81. The van der Waals surface area contributed by atoms with Gasteiger partial charge in [0, 0.05) is 31.2 Å². The molecule has 148 valence electrons. The Kier molecular flexibility index (Phi) is 5.33. The van der Waals surface area contributed by atoms with Crippen molar-refractivity contribution in [1.29, 1.82) is 0 Å². The molecule has 1 aromatic carbocycles. The molecular weight excluding hydrogens is 373 g/mol. The highest BCUT2D eigenvalue weighted by Gasteiger charge is 2.27. The summed E-state index contributed by atoms with van der Waals surface area (Å²) in [5, 5.41) is 5.56. The summed E-state index contributed by atoms with van der Waals surface area (Å²) in [6.45, 7) is 0.966. The van der Waals surface area contributed by atoms with Crippen LogP contribution < -0.4 is 10.6 Å². The number of benzene rings is 1. The Morgan fingerprint density at radius 2 is 1.93 bits per heavy atom. The summed E-state index contributed by atoms with van der Waals surface area (Å²) in [5.41, 5.74) is 2.33. The Morgan fingerprint density at radius 3 is 2.69 bits per heavy atom. The predicted octanol–water partition coefficient (Wildman–Crippen LogP) is 2.94. The van der Waals surface area contributed by atoms with E-state index in [0.717, 1.165) is 24.1 Å². The molecule has 0 fully saturated rings. The van der Waals surface area contributed by atoms with Gasteiger partial charge in [-0.2, -0.15) is 0 Å². The Bertz CT molecular complexity index is 1030. The predicted molar refractivity (Wildman–Crippen MR) is 105 cm³/mol. The second-order valence-corrected chi connectivity index (χ2v) is 6.84. The number of halogens is 1. The molecular formula is C21H20FN5O2. The molecule has 2 amide bonds. The molecule has 29 heavy (non-hydrogen) atoms. The highest BCUT2D eigenvalue weighted by molar-refractivity contribution is 6.05. The number of rotatable bonds is 5. The van der Waals surface area contributed by atoms with Gasteiger partial charge in [0.2, 0.25) is 0 Å². The first-order valence-corrected chi connectivity index (χ1v) is 9.45. The summed E-state index contributed by atoms with van der Waals surface area (Å²) in [7, 11) is 0. The standard InChI is InChI=1S/C21H20FN5O2/c22-15-6-8-16(9-7-15)25-20(28)18-17-5-1-2-11-27(17)19(26-18)21(29)24-13-14-4-3-10-23-12-14/h3-4,6-10,12H,1-2,5,11,13H2,(H,24,29)(H,25,28). The zero-order chi connectivity index (χ0) is 20.2. The number of hydrogen-bond acceptors (Lipinski definition) is 4. The Balaban J connectivity index is 1.55. The van der Waals surface area contributed by atoms with Crippen molar-refractivity contribution in [3.8, 4) is 0 Å². The van der Waals surface area contributed by atoms with Crippen LogP contribution >= 0.6 is 0 Å². The smallest absolute Gasteiger partial charge is 0.287 e. The van der Waals surface area contributed by atoms with Crippen LogP contribution in [0.4, 0.5) is 10.1 Å². The molecule has 2 N–H and O–H groups in total. The normalized spacial score (nSPS) is 12.9. The molecule has 2 aromatic heterocycles. The van der Waals surface area contributed by atoms with E-state index in [-0.39, 0.29) is 23.2 Å². The number of fused-ring (bicyclic) bond motifs is 1. The lowest BCUT2D eigenvalue weighted by Gasteiger charge is -2.17. The monoisotopic (exact) mass is 393 g/mol. The first-order valence-electron chi connectivity index (χ1n) is 9.45. The number of carbonyl (C=O) groups is 2. The molecule has 7 nitrogen and oxygen atoms in total. The largest absolute Gasteiger partial charge is 0.345 e. The van der Waals surface area contributed by atoms with Crippen LogP contribution in [0.25, 0.3) is 0 Å². The molecule has 0 saturated carbocycles. The third-order valence-electron chi connectivity index (χ3n) is 4.81. The second kappa shape index (κ2) is 8.22. The highest BCUT2D eigenvalue weighted by Crippen LogP contribution is 2.22. The maximum absolute atomic E-state index is 13.1. The molecule has 1 aliphatic rings. The maximum Gasteiger partial charge on any atom is 0.287 e. The van der Waals surface area contributed by atoms with E-state index in [9.17, 15) is 14.0 Å². The van der Waals surface area contributed by atoms with Crippen molar-refractivity contribution in [3.63, 3.8) is 0 Å². The van der Waals surface area contributed by atoms with Gasteiger partial charge in [0.05, 0.1) is 5.69 Å².